The topological polar surface area (TPSA) is 81.1 Å². The van der Waals surface area contributed by atoms with Crippen LogP contribution in [-0.2, 0) is 4.79 Å². The van der Waals surface area contributed by atoms with Crippen molar-refractivity contribution in [2.45, 2.75) is 19.3 Å². The molecule has 0 spiro atoms. The first-order valence-electron chi connectivity index (χ1n) is 6.56. The Morgan fingerprint density at radius 1 is 1.37 bits per heavy atom. The van der Waals surface area contributed by atoms with Crippen LogP contribution in [0.15, 0.2) is 12.7 Å². The number of piperidine rings is 1. The van der Waals surface area contributed by atoms with E-state index in [2.05, 4.69) is 6.58 Å². The summed E-state index contributed by atoms with van der Waals surface area (Å²) in [5.41, 5.74) is 0. The Labute approximate surface area is 113 Å². The highest BCUT2D eigenvalue weighted by Gasteiger charge is 2.26. The molecule has 1 aliphatic heterocycles. The molecule has 0 radical (unpaired) electrons. The summed E-state index contributed by atoms with van der Waals surface area (Å²) in [7, 11) is 0. The maximum atomic E-state index is 12.2. The van der Waals surface area contributed by atoms with Crippen LogP contribution >= 0.6 is 0 Å². The molecular formula is C13H22N2O4. The smallest absolute Gasteiger partial charge is 0.320 e. The number of carboxylic acid groups (broad SMARTS) is 1. The molecule has 1 aliphatic rings. The van der Waals surface area contributed by atoms with E-state index in [1.807, 2.05) is 0 Å². The van der Waals surface area contributed by atoms with Crippen LogP contribution in [0.2, 0.25) is 0 Å². The fourth-order valence-electron chi connectivity index (χ4n) is 2.32. The van der Waals surface area contributed by atoms with E-state index in [4.69, 9.17) is 10.2 Å². The monoisotopic (exact) mass is 270 g/mol. The fraction of sp³-hybridized carbons (Fsp3) is 0.692. The second-order valence-corrected chi connectivity index (χ2v) is 4.77. The molecule has 0 bridgehead atoms. The average molecular weight is 270 g/mol. The van der Waals surface area contributed by atoms with E-state index in [-0.39, 0.29) is 25.0 Å². The molecule has 0 aromatic rings. The standard InChI is InChI=1S/C13H22N2O4/c1-2-5-14(8-9-16)13(19)15-6-3-11(4-7-15)10-12(17)18/h2,11,16H,1,3-10H2,(H,17,18). The van der Waals surface area contributed by atoms with Crippen molar-refractivity contribution in [3.8, 4) is 0 Å². The van der Waals surface area contributed by atoms with Gasteiger partial charge in [0.1, 0.15) is 0 Å². The highest BCUT2D eigenvalue weighted by atomic mass is 16.4. The van der Waals surface area contributed by atoms with E-state index in [0.717, 1.165) is 12.8 Å². The number of carbonyl (C=O) groups is 2. The highest BCUT2D eigenvalue weighted by molar-refractivity contribution is 5.74. The Morgan fingerprint density at radius 2 is 2.00 bits per heavy atom. The van der Waals surface area contributed by atoms with Crippen LogP contribution in [0, 0.1) is 5.92 Å². The lowest BCUT2D eigenvalue weighted by atomic mass is 9.94. The molecule has 1 heterocycles. The number of hydrogen-bond donors (Lipinski definition) is 2. The molecule has 1 rings (SSSR count). The predicted molar refractivity (Wildman–Crippen MR) is 70.8 cm³/mol. The predicted octanol–water partition coefficient (Wildman–Crippen LogP) is 0.773. The van der Waals surface area contributed by atoms with Gasteiger partial charge in [-0.2, -0.15) is 0 Å². The first-order valence-corrected chi connectivity index (χ1v) is 6.56. The van der Waals surface area contributed by atoms with Crippen molar-refractivity contribution in [2.24, 2.45) is 5.92 Å². The zero-order valence-corrected chi connectivity index (χ0v) is 11.1. The van der Waals surface area contributed by atoms with Gasteiger partial charge in [0, 0.05) is 32.6 Å². The second-order valence-electron chi connectivity index (χ2n) is 4.77. The Bertz CT molecular complexity index is 325. The quantitative estimate of drug-likeness (QED) is 0.699. The van der Waals surface area contributed by atoms with E-state index in [9.17, 15) is 9.59 Å². The Morgan fingerprint density at radius 3 is 2.47 bits per heavy atom. The number of amides is 2. The summed E-state index contributed by atoms with van der Waals surface area (Å²) in [6.45, 7) is 5.38. The number of nitrogens with zero attached hydrogens (tertiary/aromatic N) is 2. The maximum absolute atomic E-state index is 12.2. The average Bonchev–Trinajstić information content (AvgIpc) is 2.38. The fourth-order valence-corrected chi connectivity index (χ4v) is 2.32. The molecular weight excluding hydrogens is 248 g/mol. The van der Waals surface area contributed by atoms with E-state index in [0.29, 0.717) is 26.2 Å². The molecule has 2 amide bonds. The van der Waals surface area contributed by atoms with Gasteiger partial charge in [-0.05, 0) is 18.8 Å². The number of likely N-dealkylation sites (tertiary alicyclic amines) is 1. The van der Waals surface area contributed by atoms with Crippen LogP contribution in [0.1, 0.15) is 19.3 Å². The normalized spacial score (nSPS) is 16.2. The lowest BCUT2D eigenvalue weighted by Gasteiger charge is -2.35. The van der Waals surface area contributed by atoms with Gasteiger partial charge in [-0.25, -0.2) is 4.79 Å². The summed E-state index contributed by atoms with van der Waals surface area (Å²) in [6, 6.07) is -0.109. The molecule has 19 heavy (non-hydrogen) atoms. The number of carbonyl (C=O) groups excluding carboxylic acids is 1. The first kappa shape index (κ1) is 15.5. The number of rotatable bonds is 6. The van der Waals surface area contributed by atoms with Crippen molar-refractivity contribution in [1.82, 2.24) is 9.80 Å². The van der Waals surface area contributed by atoms with Crippen LogP contribution in [0.25, 0.3) is 0 Å². The summed E-state index contributed by atoms with van der Waals surface area (Å²) < 4.78 is 0. The first-order chi connectivity index (χ1) is 9.08. The molecule has 1 saturated heterocycles. The minimum absolute atomic E-state index is 0.0743. The van der Waals surface area contributed by atoms with Crippen LogP contribution in [0.5, 0.6) is 0 Å². The summed E-state index contributed by atoms with van der Waals surface area (Å²) in [5.74, 6) is -0.620. The number of carboxylic acids is 1. The Hall–Kier alpha value is -1.56. The van der Waals surface area contributed by atoms with Crippen molar-refractivity contribution < 1.29 is 19.8 Å². The van der Waals surface area contributed by atoms with Crippen molar-refractivity contribution in [1.29, 1.82) is 0 Å². The molecule has 0 aromatic heterocycles. The van der Waals surface area contributed by atoms with Crippen LogP contribution in [0.3, 0.4) is 0 Å². The van der Waals surface area contributed by atoms with Crippen molar-refractivity contribution in [3.05, 3.63) is 12.7 Å². The van der Waals surface area contributed by atoms with Gasteiger partial charge in [-0.15, -0.1) is 6.58 Å². The lowest BCUT2D eigenvalue weighted by molar-refractivity contribution is -0.138. The van der Waals surface area contributed by atoms with Gasteiger partial charge >= 0.3 is 12.0 Å². The van der Waals surface area contributed by atoms with Gasteiger partial charge in [0.2, 0.25) is 0 Å². The van der Waals surface area contributed by atoms with E-state index in [1.165, 1.54) is 0 Å². The summed E-state index contributed by atoms with van der Waals surface area (Å²) in [5, 5.41) is 17.7. The zero-order valence-electron chi connectivity index (χ0n) is 11.1. The molecule has 0 aliphatic carbocycles. The molecule has 2 N–H and O–H groups in total. The molecule has 0 aromatic carbocycles. The van der Waals surface area contributed by atoms with Gasteiger partial charge in [-0.1, -0.05) is 6.08 Å². The van der Waals surface area contributed by atoms with Gasteiger partial charge < -0.3 is 20.0 Å². The summed E-state index contributed by atoms with van der Waals surface area (Å²) in [6.07, 6.45) is 3.25. The maximum Gasteiger partial charge on any atom is 0.320 e. The number of aliphatic carboxylic acids is 1. The third-order valence-electron chi connectivity index (χ3n) is 3.34. The number of aliphatic hydroxyl groups is 1. The number of aliphatic hydroxyl groups excluding tert-OH is 1. The molecule has 108 valence electrons. The van der Waals surface area contributed by atoms with E-state index in [1.54, 1.807) is 15.9 Å². The van der Waals surface area contributed by atoms with Crippen molar-refractivity contribution in [2.75, 3.05) is 32.8 Å². The van der Waals surface area contributed by atoms with Gasteiger partial charge in [-0.3, -0.25) is 4.79 Å². The number of hydrogen-bond acceptors (Lipinski definition) is 3. The Balaban J connectivity index is 2.46. The largest absolute Gasteiger partial charge is 0.481 e. The molecule has 6 nitrogen and oxygen atoms in total. The van der Waals surface area contributed by atoms with Crippen molar-refractivity contribution >= 4 is 12.0 Å². The zero-order chi connectivity index (χ0) is 14.3. The summed E-state index contributed by atoms with van der Waals surface area (Å²) >= 11 is 0. The summed E-state index contributed by atoms with van der Waals surface area (Å²) in [4.78, 5) is 26.1. The van der Waals surface area contributed by atoms with E-state index >= 15 is 0 Å². The molecule has 1 fully saturated rings. The molecule has 0 atom stereocenters. The third kappa shape index (κ3) is 4.90. The minimum atomic E-state index is -0.779. The van der Waals surface area contributed by atoms with E-state index < -0.39 is 5.97 Å². The molecule has 6 heteroatoms. The molecule has 0 unspecified atom stereocenters. The lowest BCUT2D eigenvalue weighted by Crippen LogP contribution is -2.47. The SMILES string of the molecule is C=CCN(CCO)C(=O)N1CCC(CC(=O)O)CC1. The van der Waals surface area contributed by atoms with Crippen LogP contribution < -0.4 is 0 Å². The second kappa shape index (κ2) is 7.78. The van der Waals surface area contributed by atoms with Gasteiger partial charge in [0.25, 0.3) is 0 Å². The minimum Gasteiger partial charge on any atom is -0.481 e. The highest BCUT2D eigenvalue weighted by Crippen LogP contribution is 2.21. The van der Waals surface area contributed by atoms with Crippen LogP contribution in [-0.4, -0.2) is 64.8 Å². The number of urea groups is 1. The van der Waals surface area contributed by atoms with Crippen molar-refractivity contribution in [3.63, 3.8) is 0 Å². The Kier molecular flexibility index (Phi) is 6.35. The third-order valence-corrected chi connectivity index (χ3v) is 3.34. The van der Waals surface area contributed by atoms with Gasteiger partial charge in [0.15, 0.2) is 0 Å². The molecule has 0 saturated carbocycles. The van der Waals surface area contributed by atoms with Crippen LogP contribution in [0.4, 0.5) is 4.79 Å². The van der Waals surface area contributed by atoms with Gasteiger partial charge in [0.05, 0.1) is 6.61 Å².